The molecule has 2 aliphatic carbocycles. The summed E-state index contributed by atoms with van der Waals surface area (Å²) in [5, 5.41) is 11.4. The molecular weight excluding hydrogens is 690 g/mol. The van der Waals surface area contributed by atoms with Gasteiger partial charge in [-0.2, -0.15) is 0 Å². The van der Waals surface area contributed by atoms with Gasteiger partial charge in [-0.25, -0.2) is 4.79 Å². The molecule has 1 aromatic rings. The Morgan fingerprint density at radius 3 is 2.17 bits per heavy atom. The normalized spacial score (nSPS) is 22.3. The summed E-state index contributed by atoms with van der Waals surface area (Å²) in [6, 6.07) is -3.84. The highest BCUT2D eigenvalue weighted by Gasteiger charge is 2.70. The number of hydrogen-bond acceptors (Lipinski definition) is 9. The predicted octanol–water partition coefficient (Wildman–Crippen LogP) is 2.48. The van der Waals surface area contributed by atoms with Gasteiger partial charge in [0.05, 0.1) is 12.1 Å². The van der Waals surface area contributed by atoms with Crippen LogP contribution in [-0.2, 0) is 19.2 Å². The van der Waals surface area contributed by atoms with Gasteiger partial charge >= 0.3 is 6.03 Å². The number of rotatable bonds is 17. The van der Waals surface area contributed by atoms with Crippen LogP contribution in [0.2, 0.25) is 0 Å². The smallest absolute Gasteiger partial charge is 0.315 e. The second kappa shape index (κ2) is 17.1. The molecule has 5 amide bonds. The van der Waals surface area contributed by atoms with Crippen LogP contribution in [0.3, 0.4) is 0 Å². The van der Waals surface area contributed by atoms with E-state index in [-0.39, 0.29) is 42.2 Å². The van der Waals surface area contributed by atoms with Crippen LogP contribution in [0.5, 0.6) is 0 Å². The average molecular weight is 754 g/mol. The Morgan fingerprint density at radius 2 is 1.59 bits per heavy atom. The maximum absolute atomic E-state index is 14.6. The van der Waals surface area contributed by atoms with E-state index in [9.17, 15) is 33.6 Å². The average Bonchev–Trinajstić information content (AvgIpc) is 3.41. The van der Waals surface area contributed by atoms with Crippen molar-refractivity contribution in [3.8, 4) is 0 Å². The minimum Gasteiger partial charge on any atom is -0.373 e. The largest absolute Gasteiger partial charge is 0.373 e. The predicted molar refractivity (Wildman–Crippen MR) is 210 cm³/mol. The van der Waals surface area contributed by atoms with Gasteiger partial charge in [0, 0.05) is 40.8 Å². The van der Waals surface area contributed by atoms with E-state index in [0.29, 0.717) is 30.9 Å². The lowest BCUT2D eigenvalue weighted by Crippen LogP contribution is -2.62. The first-order valence-electron chi connectivity index (χ1n) is 19.6. The van der Waals surface area contributed by atoms with E-state index < -0.39 is 63.9 Å². The zero-order valence-electron chi connectivity index (χ0n) is 33.8. The summed E-state index contributed by atoms with van der Waals surface area (Å²) >= 11 is 0. The molecule has 1 saturated heterocycles. The molecule has 3 fully saturated rings. The molecular formula is C40H63N7O7. The Labute approximate surface area is 319 Å². The van der Waals surface area contributed by atoms with Crippen molar-refractivity contribution in [2.75, 3.05) is 50.6 Å². The van der Waals surface area contributed by atoms with Crippen LogP contribution >= 0.6 is 0 Å². The number of likely N-dealkylation sites (tertiary alicyclic amines) is 1. The quantitative estimate of drug-likeness (QED) is 0.138. The number of nitrogens with one attached hydrogen (secondary N) is 4. The maximum Gasteiger partial charge on any atom is 0.315 e. The van der Waals surface area contributed by atoms with Gasteiger partial charge < -0.3 is 36.0 Å². The van der Waals surface area contributed by atoms with Crippen LogP contribution < -0.4 is 41.9 Å². The van der Waals surface area contributed by atoms with Crippen molar-refractivity contribution in [3.05, 3.63) is 33.1 Å². The molecule has 2 unspecified atom stereocenters. The Hall–Kier alpha value is -4.23. The molecule has 2 saturated carbocycles. The highest BCUT2D eigenvalue weighted by atomic mass is 16.2. The zero-order chi connectivity index (χ0) is 40.3. The fourth-order valence-electron chi connectivity index (χ4n) is 8.69. The molecule has 1 aromatic carbocycles. The van der Waals surface area contributed by atoms with Gasteiger partial charge in [0.1, 0.15) is 23.5 Å². The summed E-state index contributed by atoms with van der Waals surface area (Å²) < 4.78 is 0. The van der Waals surface area contributed by atoms with Crippen molar-refractivity contribution in [2.45, 2.75) is 117 Å². The molecule has 0 radical (unpaired) electrons. The molecule has 54 heavy (non-hydrogen) atoms. The summed E-state index contributed by atoms with van der Waals surface area (Å²) in [5.74, 6) is -2.39. The summed E-state index contributed by atoms with van der Waals surface area (Å²) in [4.78, 5) is 98.3. The molecule has 0 spiro atoms. The first-order valence-corrected chi connectivity index (χ1v) is 19.6. The van der Waals surface area contributed by atoms with Gasteiger partial charge in [0.25, 0.3) is 16.8 Å². The van der Waals surface area contributed by atoms with Gasteiger partial charge in [-0.1, -0.05) is 79.7 Å². The topological polar surface area (TPSA) is 177 Å². The van der Waals surface area contributed by atoms with Crippen molar-refractivity contribution in [3.63, 3.8) is 0 Å². The van der Waals surface area contributed by atoms with Gasteiger partial charge in [0.15, 0.2) is 0 Å². The Morgan fingerprint density at radius 1 is 0.963 bits per heavy atom. The zero-order valence-corrected chi connectivity index (χ0v) is 33.8. The summed E-state index contributed by atoms with van der Waals surface area (Å²) in [6.45, 7) is 16.0. The Kier molecular flexibility index (Phi) is 13.4. The number of anilines is 2. The lowest BCUT2D eigenvalue weighted by molar-refractivity contribution is -0.145. The van der Waals surface area contributed by atoms with Crippen LogP contribution in [-0.4, -0.2) is 99.4 Å². The van der Waals surface area contributed by atoms with Crippen molar-refractivity contribution >= 4 is 40.9 Å². The van der Waals surface area contributed by atoms with Crippen molar-refractivity contribution < 1.29 is 24.0 Å². The first-order chi connectivity index (χ1) is 25.3. The first kappa shape index (κ1) is 42.5. The number of urea groups is 1. The molecule has 14 nitrogen and oxygen atoms in total. The molecule has 1 heterocycles. The van der Waals surface area contributed by atoms with Crippen molar-refractivity contribution in [1.29, 1.82) is 0 Å². The van der Waals surface area contributed by atoms with Crippen LogP contribution in [0.25, 0.3) is 0 Å². The lowest BCUT2D eigenvalue weighted by atomic mass is 9.83. The van der Waals surface area contributed by atoms with Gasteiger partial charge in [0.2, 0.25) is 17.6 Å². The number of unbranched alkanes of at least 4 members (excludes halogenated alkanes) is 1. The molecule has 3 aliphatic rings. The number of nitrogens with zero attached hydrogens (tertiary/aromatic N) is 3. The number of Topliss-reactive ketones (excluding diaryl/α,β-unsaturated/α-hetero) is 1. The Bertz CT molecular complexity index is 1650. The molecule has 6 atom stereocenters. The number of amides is 5. The molecule has 4 rings (SSSR count). The molecule has 0 aromatic heterocycles. The highest BCUT2D eigenvalue weighted by Crippen LogP contribution is 2.65. The number of likely N-dealkylation sites (N-methyl/N-ethyl adjacent to an activating group) is 1. The van der Waals surface area contributed by atoms with Crippen molar-refractivity contribution in [2.24, 2.45) is 28.6 Å². The lowest BCUT2D eigenvalue weighted by Gasteiger charge is -2.39. The summed E-state index contributed by atoms with van der Waals surface area (Å²) in [7, 11) is 5.18. The monoisotopic (exact) mass is 753 g/mol. The second-order valence-electron chi connectivity index (χ2n) is 17.5. The van der Waals surface area contributed by atoms with Crippen molar-refractivity contribution in [1.82, 2.24) is 26.2 Å². The van der Waals surface area contributed by atoms with Crippen LogP contribution in [0.15, 0.2) is 22.2 Å². The number of fused-ring (bicyclic) bond motifs is 1. The van der Waals surface area contributed by atoms with E-state index in [4.69, 9.17) is 0 Å². The number of carbonyl (C=O) groups is 5. The molecule has 14 heteroatoms. The Balaban J connectivity index is 1.55. The fraction of sp³-hybridized carbons (Fsp3) is 0.725. The maximum atomic E-state index is 14.6. The van der Waals surface area contributed by atoms with E-state index in [1.807, 2.05) is 27.7 Å². The minimum absolute atomic E-state index is 0.0565. The third kappa shape index (κ3) is 9.00. The minimum atomic E-state index is -1.05. The molecule has 300 valence electrons. The van der Waals surface area contributed by atoms with Gasteiger partial charge in [-0.05, 0) is 47.8 Å². The fourth-order valence-corrected chi connectivity index (χ4v) is 8.69. The number of ketones is 1. The molecule has 4 N–H and O–H groups in total. The van der Waals surface area contributed by atoms with E-state index in [1.54, 1.807) is 35.8 Å². The third-order valence-electron chi connectivity index (χ3n) is 12.0. The third-order valence-corrected chi connectivity index (χ3v) is 12.0. The van der Waals surface area contributed by atoms with Gasteiger partial charge in [-0.3, -0.25) is 28.8 Å². The SMILES string of the molecule is C=CCNC(=O)C(=O)C(CCCC)NC(=O)[C@@H]1C2[C@H](CN1C(=O)[C@@H](NC(=O)N[C@H](CN(C)c1c(N(C)C)c(=O)c1=O)C1CCCCC1)C(C)(C)C)C2(C)C. The van der Waals surface area contributed by atoms with E-state index in [1.165, 1.54) is 6.08 Å². The van der Waals surface area contributed by atoms with Gasteiger partial charge in [-0.15, -0.1) is 6.58 Å². The number of carbonyl (C=O) groups excluding carboxylic acids is 5. The molecule has 1 aliphatic heterocycles. The highest BCUT2D eigenvalue weighted by molar-refractivity contribution is 6.38. The molecule has 0 bridgehead atoms. The van der Waals surface area contributed by atoms with Crippen LogP contribution in [0, 0.1) is 28.6 Å². The van der Waals surface area contributed by atoms with E-state index >= 15 is 0 Å². The number of hydrogen-bond donors (Lipinski definition) is 4. The summed E-state index contributed by atoms with van der Waals surface area (Å²) in [5.41, 5.74) is -1.36. The van der Waals surface area contributed by atoms with Crippen LogP contribution in [0.4, 0.5) is 16.2 Å². The summed E-state index contributed by atoms with van der Waals surface area (Å²) in [6.07, 6.45) is 8.05. The number of piperidine rings is 1. The standard InChI is InChI=1S/C40H63N7O7/c1-11-13-19-25(31(48)36(52)41-20-12-2)42-35(51)28-27-24(40(27,6)7)21-47(28)37(53)34(39(3,4)5)44-38(54)43-26(23-17-15-14-16-18-23)22-46(10)30-29(45(8)9)32(49)33(30)50/h12,23-28,34H,2,11,13-22H2,1,3-10H3,(H,41,52)(H,42,51)(H2,43,44,54)/t24-,25?,26+,27?,28-,34+/m0/s1. The van der Waals surface area contributed by atoms with Crippen LogP contribution in [0.1, 0.15) is 92.9 Å². The van der Waals surface area contributed by atoms with E-state index in [0.717, 1.165) is 38.5 Å². The van der Waals surface area contributed by atoms with E-state index in [2.05, 4.69) is 41.7 Å². The second-order valence-corrected chi connectivity index (χ2v) is 17.5.